The van der Waals surface area contributed by atoms with Gasteiger partial charge in [0.15, 0.2) is 0 Å². The van der Waals surface area contributed by atoms with Crippen LogP contribution in [0.4, 0.5) is 0 Å². The van der Waals surface area contributed by atoms with E-state index in [4.69, 9.17) is 5.10 Å². The largest absolute Gasteiger partial charge is 0.346 e. The van der Waals surface area contributed by atoms with E-state index in [2.05, 4.69) is 31.3 Å². The van der Waals surface area contributed by atoms with Crippen molar-refractivity contribution in [1.82, 2.24) is 15.1 Å². The van der Waals surface area contributed by atoms with Crippen LogP contribution in [-0.2, 0) is 13.1 Å². The van der Waals surface area contributed by atoms with Gasteiger partial charge in [-0.1, -0.05) is 32.0 Å². The number of aryl methyl sites for hydroxylation is 1. The number of amides is 1. The van der Waals surface area contributed by atoms with Crippen LogP contribution in [0.25, 0.3) is 10.9 Å². The van der Waals surface area contributed by atoms with E-state index in [9.17, 15) is 4.79 Å². The van der Waals surface area contributed by atoms with E-state index < -0.39 is 0 Å². The molecule has 0 spiro atoms. The molecule has 4 nitrogen and oxygen atoms in total. The number of carbonyl (C=O) groups is 1. The molecule has 0 unspecified atom stereocenters. The summed E-state index contributed by atoms with van der Waals surface area (Å²) in [6.07, 6.45) is 0. The van der Waals surface area contributed by atoms with E-state index in [0.717, 1.165) is 32.9 Å². The van der Waals surface area contributed by atoms with Gasteiger partial charge < -0.3 is 5.32 Å². The maximum Gasteiger partial charge on any atom is 0.261 e. The van der Waals surface area contributed by atoms with E-state index in [0.29, 0.717) is 12.5 Å². The highest BCUT2D eigenvalue weighted by Crippen LogP contribution is 2.20. The molecule has 0 aliphatic heterocycles. The molecular weight excluding hydrogens is 306 g/mol. The lowest BCUT2D eigenvalue weighted by Gasteiger charge is -2.05. The molecule has 1 amide bonds. The monoisotopic (exact) mass is 327 g/mol. The van der Waals surface area contributed by atoms with Gasteiger partial charge in [-0.2, -0.15) is 5.10 Å². The molecule has 0 fully saturated rings. The van der Waals surface area contributed by atoms with Gasteiger partial charge in [-0.05, 0) is 31.0 Å². The van der Waals surface area contributed by atoms with Gasteiger partial charge in [0, 0.05) is 16.8 Å². The van der Waals surface area contributed by atoms with Crippen molar-refractivity contribution in [3.05, 3.63) is 51.8 Å². The SMILES string of the molecule is Cc1ccc(C(=O)NCc2nn(CC(C)C)c3ccccc23)s1. The fourth-order valence-electron chi connectivity index (χ4n) is 2.62. The van der Waals surface area contributed by atoms with Crippen LogP contribution in [0.15, 0.2) is 36.4 Å². The third kappa shape index (κ3) is 3.45. The van der Waals surface area contributed by atoms with Crippen LogP contribution in [-0.4, -0.2) is 15.7 Å². The zero-order chi connectivity index (χ0) is 16.4. The number of nitrogens with zero attached hydrogens (tertiary/aromatic N) is 2. The summed E-state index contributed by atoms with van der Waals surface area (Å²) in [5, 5.41) is 8.80. The average molecular weight is 327 g/mol. The maximum atomic E-state index is 12.2. The predicted molar refractivity (Wildman–Crippen MR) is 94.8 cm³/mol. The van der Waals surface area contributed by atoms with Crippen molar-refractivity contribution >= 4 is 28.1 Å². The smallest absolute Gasteiger partial charge is 0.261 e. The van der Waals surface area contributed by atoms with Gasteiger partial charge in [0.2, 0.25) is 0 Å². The molecule has 1 N–H and O–H groups in total. The molecule has 0 atom stereocenters. The molecule has 3 aromatic rings. The number of hydrogen-bond donors (Lipinski definition) is 1. The summed E-state index contributed by atoms with van der Waals surface area (Å²) in [6, 6.07) is 12.0. The minimum atomic E-state index is -0.0365. The first kappa shape index (κ1) is 15.7. The lowest BCUT2D eigenvalue weighted by Crippen LogP contribution is -2.22. The van der Waals surface area contributed by atoms with Gasteiger partial charge in [-0.25, -0.2) is 0 Å². The molecule has 23 heavy (non-hydrogen) atoms. The first-order chi connectivity index (χ1) is 11.0. The van der Waals surface area contributed by atoms with Crippen LogP contribution in [0.2, 0.25) is 0 Å². The number of nitrogens with one attached hydrogen (secondary N) is 1. The third-order valence-corrected chi connectivity index (χ3v) is 4.65. The molecule has 1 aromatic carbocycles. The van der Waals surface area contributed by atoms with Gasteiger partial charge in [0.1, 0.15) is 0 Å². The molecule has 2 heterocycles. The van der Waals surface area contributed by atoms with Crippen LogP contribution in [0.1, 0.15) is 34.1 Å². The second-order valence-corrected chi connectivity index (χ2v) is 7.42. The van der Waals surface area contributed by atoms with Gasteiger partial charge in [-0.3, -0.25) is 9.48 Å². The van der Waals surface area contributed by atoms with E-state index >= 15 is 0 Å². The molecule has 0 aliphatic carbocycles. The molecule has 0 aliphatic rings. The lowest BCUT2D eigenvalue weighted by atomic mass is 10.2. The van der Waals surface area contributed by atoms with E-state index in [1.54, 1.807) is 0 Å². The third-order valence-electron chi connectivity index (χ3n) is 3.65. The van der Waals surface area contributed by atoms with Crippen molar-refractivity contribution in [3.63, 3.8) is 0 Å². The Bertz CT molecular complexity index is 832. The predicted octanol–water partition coefficient (Wildman–Crippen LogP) is 3.99. The van der Waals surface area contributed by atoms with E-state index in [-0.39, 0.29) is 5.91 Å². The number of fused-ring (bicyclic) bond motifs is 1. The van der Waals surface area contributed by atoms with Gasteiger partial charge >= 0.3 is 0 Å². The first-order valence-corrected chi connectivity index (χ1v) is 8.65. The van der Waals surface area contributed by atoms with Crippen molar-refractivity contribution in [2.45, 2.75) is 33.9 Å². The van der Waals surface area contributed by atoms with Crippen molar-refractivity contribution in [2.75, 3.05) is 0 Å². The van der Waals surface area contributed by atoms with E-state index in [1.807, 2.05) is 35.9 Å². The molecule has 0 saturated carbocycles. The molecular formula is C18H21N3OS. The fraction of sp³-hybridized carbons (Fsp3) is 0.333. The van der Waals surface area contributed by atoms with Crippen LogP contribution in [0.5, 0.6) is 0 Å². The Labute approximate surface area is 140 Å². The normalized spacial score (nSPS) is 11.3. The highest BCUT2D eigenvalue weighted by Gasteiger charge is 2.13. The summed E-state index contributed by atoms with van der Waals surface area (Å²) in [6.45, 7) is 7.68. The Kier molecular flexibility index (Phi) is 4.48. The quantitative estimate of drug-likeness (QED) is 0.770. The molecule has 120 valence electrons. The molecule has 2 aromatic heterocycles. The number of aromatic nitrogens is 2. The summed E-state index contributed by atoms with van der Waals surface area (Å²) < 4.78 is 2.04. The van der Waals surface area contributed by atoms with Gasteiger partial charge in [0.05, 0.1) is 22.6 Å². The van der Waals surface area contributed by atoms with Crippen molar-refractivity contribution in [2.24, 2.45) is 5.92 Å². The summed E-state index contributed by atoms with van der Waals surface area (Å²) in [7, 11) is 0. The molecule has 5 heteroatoms. The second-order valence-electron chi connectivity index (χ2n) is 6.13. The van der Waals surface area contributed by atoms with Crippen LogP contribution < -0.4 is 5.32 Å². The topological polar surface area (TPSA) is 46.9 Å². The summed E-state index contributed by atoms with van der Waals surface area (Å²) in [5.41, 5.74) is 2.04. The molecule has 0 radical (unpaired) electrons. The van der Waals surface area contributed by atoms with Gasteiger partial charge in [0.25, 0.3) is 5.91 Å². The van der Waals surface area contributed by atoms with Crippen LogP contribution in [0.3, 0.4) is 0 Å². The Morgan fingerprint density at radius 3 is 2.74 bits per heavy atom. The zero-order valence-corrected chi connectivity index (χ0v) is 14.5. The number of para-hydroxylation sites is 1. The standard InChI is InChI=1S/C18H21N3OS/c1-12(2)11-21-16-7-5-4-6-14(16)15(20-21)10-19-18(22)17-9-8-13(3)23-17/h4-9,12H,10-11H2,1-3H3,(H,19,22). The Hall–Kier alpha value is -2.14. The average Bonchev–Trinajstić information content (AvgIpc) is 3.09. The fourth-order valence-corrected chi connectivity index (χ4v) is 3.40. The summed E-state index contributed by atoms with van der Waals surface area (Å²) in [4.78, 5) is 14.1. The van der Waals surface area contributed by atoms with Gasteiger partial charge in [-0.15, -0.1) is 11.3 Å². The highest BCUT2D eigenvalue weighted by molar-refractivity contribution is 7.13. The Morgan fingerprint density at radius 1 is 1.26 bits per heavy atom. The summed E-state index contributed by atoms with van der Waals surface area (Å²) in [5.74, 6) is 0.487. The summed E-state index contributed by atoms with van der Waals surface area (Å²) >= 11 is 1.51. The molecule has 3 rings (SSSR count). The van der Waals surface area contributed by atoms with Crippen molar-refractivity contribution < 1.29 is 4.79 Å². The number of hydrogen-bond acceptors (Lipinski definition) is 3. The zero-order valence-electron chi connectivity index (χ0n) is 13.7. The lowest BCUT2D eigenvalue weighted by molar-refractivity contribution is 0.0954. The number of benzene rings is 1. The number of thiophene rings is 1. The Morgan fingerprint density at radius 2 is 2.04 bits per heavy atom. The first-order valence-electron chi connectivity index (χ1n) is 7.83. The van der Waals surface area contributed by atoms with Crippen LogP contribution in [0, 0.1) is 12.8 Å². The van der Waals surface area contributed by atoms with Crippen molar-refractivity contribution in [1.29, 1.82) is 0 Å². The highest BCUT2D eigenvalue weighted by atomic mass is 32.1. The van der Waals surface area contributed by atoms with Crippen molar-refractivity contribution in [3.8, 4) is 0 Å². The minimum absolute atomic E-state index is 0.0365. The second kappa shape index (κ2) is 6.54. The number of carbonyl (C=O) groups excluding carboxylic acids is 1. The number of rotatable bonds is 5. The molecule has 0 bridgehead atoms. The van der Waals surface area contributed by atoms with Crippen LogP contribution >= 0.6 is 11.3 Å². The van der Waals surface area contributed by atoms with E-state index in [1.165, 1.54) is 11.3 Å². The molecule has 0 saturated heterocycles. The maximum absolute atomic E-state index is 12.2. The Balaban J connectivity index is 1.81. The minimum Gasteiger partial charge on any atom is -0.346 e.